The van der Waals surface area contributed by atoms with Gasteiger partial charge in [0.1, 0.15) is 0 Å². The molecule has 0 radical (unpaired) electrons. The summed E-state index contributed by atoms with van der Waals surface area (Å²) in [4.78, 5) is 4.82. The molecule has 0 unspecified atom stereocenters. The van der Waals surface area contributed by atoms with Crippen LogP contribution in [0, 0.1) is 13.8 Å². The van der Waals surface area contributed by atoms with E-state index in [2.05, 4.69) is 126 Å². The molecule has 1 heterocycles. The summed E-state index contributed by atoms with van der Waals surface area (Å²) >= 11 is 0. The number of rotatable bonds is 2. The first-order chi connectivity index (χ1) is 17.2. The van der Waals surface area contributed by atoms with Gasteiger partial charge < -0.3 is 0 Å². The highest BCUT2D eigenvalue weighted by molar-refractivity contribution is 6.01. The lowest BCUT2D eigenvalue weighted by atomic mass is 9.55. The Labute approximate surface area is 214 Å². The zero-order valence-corrected chi connectivity index (χ0v) is 22.1. The second kappa shape index (κ2) is 7.90. The summed E-state index contributed by atoms with van der Waals surface area (Å²) in [5.74, 6) is 0. The smallest absolute Gasteiger partial charge is 0.0708 e. The highest BCUT2D eigenvalue weighted by Gasteiger charge is 2.46. The van der Waals surface area contributed by atoms with Crippen molar-refractivity contribution in [1.82, 2.24) is 4.98 Å². The summed E-state index contributed by atoms with van der Waals surface area (Å²) in [5, 5.41) is 2.63. The molecule has 178 valence electrons. The van der Waals surface area contributed by atoms with Gasteiger partial charge >= 0.3 is 0 Å². The van der Waals surface area contributed by atoms with E-state index in [1.165, 1.54) is 60.8 Å². The molecular weight excluding hydrogens is 434 g/mol. The Hall–Kier alpha value is -3.71. The van der Waals surface area contributed by atoms with Crippen molar-refractivity contribution in [3.05, 3.63) is 113 Å². The minimum Gasteiger partial charge on any atom is -0.256 e. The van der Waals surface area contributed by atoms with Crippen molar-refractivity contribution < 1.29 is 0 Å². The van der Waals surface area contributed by atoms with E-state index in [-0.39, 0.29) is 10.8 Å². The first-order valence-corrected chi connectivity index (χ1v) is 12.9. The van der Waals surface area contributed by atoms with Crippen molar-refractivity contribution in [3.63, 3.8) is 0 Å². The molecule has 0 aliphatic heterocycles. The Morgan fingerprint density at radius 2 is 1.31 bits per heavy atom. The number of fused-ring (bicyclic) bond motifs is 5. The zero-order chi connectivity index (χ0) is 25.2. The van der Waals surface area contributed by atoms with Gasteiger partial charge in [0.2, 0.25) is 0 Å². The second-order valence-corrected chi connectivity index (χ2v) is 11.4. The largest absolute Gasteiger partial charge is 0.256 e. The summed E-state index contributed by atoms with van der Waals surface area (Å²) in [6.45, 7) is 14.0. The fourth-order valence-electron chi connectivity index (χ4n) is 6.21. The molecule has 0 bridgehead atoms. The lowest BCUT2D eigenvalue weighted by Crippen LogP contribution is -2.43. The van der Waals surface area contributed by atoms with Crippen LogP contribution in [0.3, 0.4) is 0 Å². The second-order valence-electron chi connectivity index (χ2n) is 11.4. The predicted molar refractivity (Wildman–Crippen MR) is 154 cm³/mol. The van der Waals surface area contributed by atoms with E-state index in [9.17, 15) is 0 Å². The molecule has 1 aliphatic carbocycles. The molecule has 0 N–H and O–H groups in total. The minimum absolute atomic E-state index is 0.0223. The molecular formula is C35H33N. The maximum atomic E-state index is 4.82. The Balaban J connectivity index is 1.57. The lowest BCUT2D eigenvalue weighted by molar-refractivity contribution is 0.299. The molecule has 0 amide bonds. The van der Waals surface area contributed by atoms with Crippen LogP contribution in [-0.2, 0) is 10.8 Å². The number of aromatic nitrogens is 1. The van der Waals surface area contributed by atoms with Gasteiger partial charge in [-0.1, -0.05) is 94.4 Å². The Morgan fingerprint density at radius 1 is 0.583 bits per heavy atom. The first kappa shape index (κ1) is 22.7. The van der Waals surface area contributed by atoms with E-state index in [4.69, 9.17) is 4.98 Å². The van der Waals surface area contributed by atoms with Crippen molar-refractivity contribution in [1.29, 1.82) is 0 Å². The van der Waals surface area contributed by atoms with E-state index in [0.29, 0.717) is 0 Å². The first-order valence-electron chi connectivity index (χ1n) is 12.9. The van der Waals surface area contributed by atoms with Crippen LogP contribution >= 0.6 is 0 Å². The van der Waals surface area contributed by atoms with Crippen LogP contribution in [0.25, 0.3) is 44.3 Å². The molecule has 1 nitrogen and oxygen atoms in total. The molecule has 36 heavy (non-hydrogen) atoms. The highest BCUT2D eigenvalue weighted by Crippen LogP contribution is 2.55. The summed E-state index contributed by atoms with van der Waals surface area (Å²) in [5.41, 5.74) is 12.8. The molecule has 5 aromatic rings. The molecule has 1 heteroatoms. The molecule has 0 spiro atoms. The highest BCUT2D eigenvalue weighted by atomic mass is 14.7. The fourth-order valence-corrected chi connectivity index (χ4v) is 6.21. The molecule has 0 saturated heterocycles. The van der Waals surface area contributed by atoms with E-state index in [0.717, 1.165) is 5.69 Å². The minimum atomic E-state index is -0.0436. The topological polar surface area (TPSA) is 12.9 Å². The standard InChI is InChI=1S/C35H33N/c1-22-10-9-11-23(2)32(22)26-18-19-36-31(21-26)25-14-16-28-30(20-25)35(5,6)34(3,4)29-17-15-24-12-7-8-13-27(24)33(28)29/h7-21H,1-6H3. The number of hydrogen-bond acceptors (Lipinski definition) is 1. The van der Waals surface area contributed by atoms with Crippen LogP contribution in [0.4, 0.5) is 0 Å². The number of pyridine rings is 1. The van der Waals surface area contributed by atoms with Gasteiger partial charge in [0.15, 0.2) is 0 Å². The van der Waals surface area contributed by atoms with Crippen molar-refractivity contribution in [2.75, 3.05) is 0 Å². The van der Waals surface area contributed by atoms with E-state index in [1.54, 1.807) is 0 Å². The van der Waals surface area contributed by atoms with Crippen LogP contribution in [0.5, 0.6) is 0 Å². The number of hydrogen-bond donors (Lipinski definition) is 0. The summed E-state index contributed by atoms with van der Waals surface area (Å²) in [6.07, 6.45) is 1.95. The van der Waals surface area contributed by atoms with Gasteiger partial charge in [-0.05, 0) is 98.2 Å². The summed E-state index contributed by atoms with van der Waals surface area (Å²) in [7, 11) is 0. The molecule has 0 fully saturated rings. The third-order valence-corrected chi connectivity index (χ3v) is 8.95. The molecule has 6 rings (SSSR count). The number of nitrogens with zero attached hydrogens (tertiary/aromatic N) is 1. The molecule has 1 aliphatic rings. The maximum absolute atomic E-state index is 4.82. The van der Waals surface area contributed by atoms with Gasteiger partial charge in [0.25, 0.3) is 0 Å². The Kier molecular flexibility index (Phi) is 4.99. The van der Waals surface area contributed by atoms with Crippen LogP contribution in [0.2, 0.25) is 0 Å². The molecule has 1 aromatic heterocycles. The molecule has 0 saturated carbocycles. The van der Waals surface area contributed by atoms with Crippen LogP contribution in [-0.4, -0.2) is 4.98 Å². The van der Waals surface area contributed by atoms with Gasteiger partial charge in [-0.15, -0.1) is 0 Å². The maximum Gasteiger partial charge on any atom is 0.0708 e. The van der Waals surface area contributed by atoms with Gasteiger partial charge in [-0.2, -0.15) is 0 Å². The molecule has 4 aromatic carbocycles. The zero-order valence-electron chi connectivity index (χ0n) is 22.1. The van der Waals surface area contributed by atoms with Crippen LogP contribution in [0.1, 0.15) is 49.9 Å². The van der Waals surface area contributed by atoms with E-state index in [1.807, 2.05) is 6.20 Å². The van der Waals surface area contributed by atoms with Gasteiger partial charge in [-0.3, -0.25) is 4.98 Å². The Bertz CT molecular complexity index is 1630. The normalized spacial score (nSPS) is 15.4. The van der Waals surface area contributed by atoms with Crippen LogP contribution < -0.4 is 0 Å². The monoisotopic (exact) mass is 467 g/mol. The average Bonchev–Trinajstić information content (AvgIpc) is 2.87. The van der Waals surface area contributed by atoms with Crippen LogP contribution in [0.15, 0.2) is 91.1 Å². The van der Waals surface area contributed by atoms with Crippen molar-refractivity contribution >= 4 is 10.8 Å². The summed E-state index contributed by atoms with van der Waals surface area (Å²) < 4.78 is 0. The van der Waals surface area contributed by atoms with E-state index >= 15 is 0 Å². The SMILES string of the molecule is Cc1cccc(C)c1-c1ccnc(-c2ccc3c(c2)C(C)(C)C(C)(C)c2ccc4ccccc4c2-3)c1. The predicted octanol–water partition coefficient (Wildman–Crippen LogP) is 9.42. The lowest BCUT2D eigenvalue weighted by Gasteiger charge is -2.48. The van der Waals surface area contributed by atoms with Gasteiger partial charge in [0.05, 0.1) is 5.69 Å². The van der Waals surface area contributed by atoms with Gasteiger partial charge in [0, 0.05) is 11.8 Å². The summed E-state index contributed by atoms with van der Waals surface area (Å²) in [6, 6.07) is 31.3. The number of benzene rings is 4. The average molecular weight is 468 g/mol. The third-order valence-electron chi connectivity index (χ3n) is 8.95. The number of aryl methyl sites for hydroxylation is 2. The van der Waals surface area contributed by atoms with Crippen molar-refractivity contribution in [3.8, 4) is 33.5 Å². The van der Waals surface area contributed by atoms with E-state index < -0.39 is 0 Å². The van der Waals surface area contributed by atoms with Gasteiger partial charge in [-0.25, -0.2) is 0 Å². The molecule has 0 atom stereocenters. The fraction of sp³-hybridized carbons (Fsp3) is 0.229. The quantitative estimate of drug-likeness (QED) is 0.252. The van der Waals surface area contributed by atoms with Crippen molar-refractivity contribution in [2.24, 2.45) is 0 Å². The van der Waals surface area contributed by atoms with Crippen molar-refractivity contribution in [2.45, 2.75) is 52.4 Å². The third kappa shape index (κ3) is 3.19. The Morgan fingerprint density at radius 3 is 2.08 bits per heavy atom.